The molecule has 12 heteroatoms. The highest BCUT2D eigenvalue weighted by Gasteiger charge is 2.39. The van der Waals surface area contributed by atoms with Gasteiger partial charge in [-0.2, -0.15) is 0 Å². The van der Waals surface area contributed by atoms with Crippen molar-refractivity contribution in [2.45, 2.75) is 50.9 Å². The van der Waals surface area contributed by atoms with Gasteiger partial charge in [-0.25, -0.2) is 9.37 Å². The molecular weight excluding hydrogens is 639 g/mol. The zero-order valence-corrected chi connectivity index (χ0v) is 27.6. The molecule has 2 fully saturated rings. The van der Waals surface area contributed by atoms with Gasteiger partial charge in [0.25, 0.3) is 11.8 Å². The number of anilines is 1. The lowest BCUT2D eigenvalue weighted by molar-refractivity contribution is -0.136. The number of nitrogens with two attached hydrogens (primary N) is 1. The minimum absolute atomic E-state index is 0.162. The molecule has 3 N–H and O–H groups in total. The van der Waals surface area contributed by atoms with Crippen molar-refractivity contribution < 1.29 is 28.3 Å². The molecule has 50 heavy (non-hydrogen) atoms. The highest BCUT2D eigenvalue weighted by atomic mass is 19.1. The largest absolute Gasteiger partial charge is 0.457 e. The number of hydrogen-bond donors (Lipinski definition) is 2. The van der Waals surface area contributed by atoms with Crippen molar-refractivity contribution in [3.8, 4) is 22.8 Å². The van der Waals surface area contributed by atoms with Crippen LogP contribution in [0.15, 0.2) is 78.9 Å². The van der Waals surface area contributed by atoms with E-state index in [2.05, 4.69) is 15.1 Å². The van der Waals surface area contributed by atoms with Gasteiger partial charge in [-0.15, -0.1) is 0 Å². The molecule has 0 radical (unpaired) electrons. The Morgan fingerprint density at radius 1 is 0.980 bits per heavy atom. The lowest BCUT2D eigenvalue weighted by atomic mass is 10.0. The molecule has 1 atom stereocenters. The molecule has 4 amide bonds. The Labute approximate surface area is 288 Å². The normalized spacial score (nSPS) is 18.0. The molecule has 0 bridgehead atoms. The Balaban J connectivity index is 0.997. The third kappa shape index (κ3) is 6.66. The van der Waals surface area contributed by atoms with Gasteiger partial charge in [0.2, 0.25) is 11.8 Å². The number of halogens is 1. The summed E-state index contributed by atoms with van der Waals surface area (Å²) < 4.78 is 21.2. The number of fused-ring (bicyclic) bond motifs is 1. The molecule has 7 rings (SSSR count). The molecule has 3 aromatic carbocycles. The van der Waals surface area contributed by atoms with Crippen molar-refractivity contribution in [3.05, 3.63) is 107 Å². The van der Waals surface area contributed by atoms with Crippen LogP contribution in [0.1, 0.15) is 57.5 Å². The molecule has 1 unspecified atom stereocenters. The van der Waals surface area contributed by atoms with Crippen LogP contribution in [0.5, 0.6) is 11.5 Å². The number of amides is 4. The highest BCUT2D eigenvalue weighted by Crippen LogP contribution is 2.32. The van der Waals surface area contributed by atoms with Gasteiger partial charge in [0.05, 0.1) is 11.3 Å². The zero-order chi connectivity index (χ0) is 34.9. The van der Waals surface area contributed by atoms with Crippen LogP contribution < -0.4 is 20.7 Å². The average Bonchev–Trinajstić information content (AvgIpc) is 3.43. The molecule has 11 nitrogen and oxygen atoms in total. The Morgan fingerprint density at radius 3 is 2.40 bits per heavy atom. The van der Waals surface area contributed by atoms with Crippen molar-refractivity contribution in [1.82, 2.24) is 20.1 Å². The van der Waals surface area contributed by atoms with E-state index >= 15 is 4.39 Å². The summed E-state index contributed by atoms with van der Waals surface area (Å²) in [5.74, 6) is -0.136. The minimum atomic E-state index is -0.746. The molecule has 0 spiro atoms. The van der Waals surface area contributed by atoms with Crippen molar-refractivity contribution in [2.24, 2.45) is 5.73 Å². The number of nitrogens with one attached hydrogen (secondary N) is 1. The van der Waals surface area contributed by atoms with Crippen molar-refractivity contribution in [2.75, 3.05) is 25.0 Å². The summed E-state index contributed by atoms with van der Waals surface area (Å²) in [5.41, 5.74) is 8.74. The smallest absolute Gasteiger partial charge is 0.255 e. The molecule has 4 heterocycles. The molecule has 2 saturated heterocycles. The molecular formula is C38H37FN6O5. The number of para-hydroxylation sites is 1. The van der Waals surface area contributed by atoms with Gasteiger partial charge < -0.3 is 20.3 Å². The molecule has 256 valence electrons. The first-order valence-corrected chi connectivity index (χ1v) is 16.7. The Kier molecular flexibility index (Phi) is 9.02. The standard InChI is InChI=1S/C38H37FN6O5/c1-43(21-25-19-24-22-45(38(49)30(24)20-31(25)39)32-12-14-34(46)42-37(32)48)26-15-17-44(18-16-26)33-13-11-29(36(40)47)35(41-33)23-7-9-28(10-8-23)50-27-5-3-2-4-6-27/h2-11,13,19-20,26,32H,12,14-18,21-22H2,1H3,(H2,40,47)(H,42,46,48). The van der Waals surface area contributed by atoms with E-state index in [9.17, 15) is 19.2 Å². The number of imide groups is 1. The quantitative estimate of drug-likeness (QED) is 0.245. The topological polar surface area (TPSA) is 138 Å². The number of rotatable bonds is 9. The van der Waals surface area contributed by atoms with Crippen LogP contribution in [0.4, 0.5) is 10.2 Å². The predicted octanol–water partition coefficient (Wildman–Crippen LogP) is 4.64. The van der Waals surface area contributed by atoms with Gasteiger partial charge >= 0.3 is 0 Å². The average molecular weight is 677 g/mol. The maximum absolute atomic E-state index is 15.3. The van der Waals surface area contributed by atoms with Gasteiger partial charge in [-0.05, 0) is 92.5 Å². The Hall–Kier alpha value is -5.62. The number of piperidine rings is 2. The predicted molar refractivity (Wildman–Crippen MR) is 184 cm³/mol. The molecule has 4 aromatic rings. The third-order valence-corrected chi connectivity index (χ3v) is 9.77. The van der Waals surface area contributed by atoms with Crippen LogP contribution >= 0.6 is 0 Å². The number of aromatic nitrogens is 1. The fraction of sp³-hybridized carbons (Fsp3) is 0.289. The SMILES string of the molecule is CN(Cc1cc2c(cc1F)C(=O)N(C1CCC(=O)NC1=O)C2)C1CCN(c2ccc(C(N)=O)c(-c3ccc(Oc4ccccc4)cc3)n2)CC1. The van der Waals surface area contributed by atoms with Crippen LogP contribution in [0.25, 0.3) is 11.3 Å². The molecule has 0 aliphatic carbocycles. The van der Waals surface area contributed by atoms with E-state index in [1.165, 1.54) is 11.0 Å². The summed E-state index contributed by atoms with van der Waals surface area (Å²) in [5, 5.41) is 2.30. The van der Waals surface area contributed by atoms with E-state index in [0.717, 1.165) is 30.0 Å². The minimum Gasteiger partial charge on any atom is -0.457 e. The maximum Gasteiger partial charge on any atom is 0.255 e. The summed E-state index contributed by atoms with van der Waals surface area (Å²) in [7, 11) is 1.97. The number of hydrogen-bond acceptors (Lipinski definition) is 8. The second-order valence-corrected chi connectivity index (χ2v) is 13.0. The molecule has 3 aliphatic rings. The molecule has 1 aromatic heterocycles. The van der Waals surface area contributed by atoms with Gasteiger partial charge in [0.15, 0.2) is 0 Å². The zero-order valence-electron chi connectivity index (χ0n) is 27.6. The summed E-state index contributed by atoms with van der Waals surface area (Å²) in [6.45, 7) is 1.98. The van der Waals surface area contributed by atoms with E-state index in [4.69, 9.17) is 15.5 Å². The van der Waals surface area contributed by atoms with E-state index in [-0.39, 0.29) is 36.9 Å². The summed E-state index contributed by atoms with van der Waals surface area (Å²) in [6, 6.07) is 22.8. The first kappa shape index (κ1) is 32.9. The van der Waals surface area contributed by atoms with Crippen LogP contribution in [-0.2, 0) is 22.7 Å². The number of primary amides is 1. The second kappa shape index (κ2) is 13.7. The third-order valence-electron chi connectivity index (χ3n) is 9.77. The Morgan fingerprint density at radius 2 is 1.70 bits per heavy atom. The summed E-state index contributed by atoms with van der Waals surface area (Å²) in [6.07, 6.45) is 2.04. The van der Waals surface area contributed by atoms with Crippen molar-refractivity contribution in [3.63, 3.8) is 0 Å². The van der Waals surface area contributed by atoms with Gasteiger partial charge in [-0.1, -0.05) is 18.2 Å². The number of ether oxygens (including phenoxy) is 1. The second-order valence-electron chi connectivity index (χ2n) is 13.0. The first-order chi connectivity index (χ1) is 24.1. The number of carbonyl (C=O) groups excluding carboxylic acids is 4. The molecule has 3 aliphatic heterocycles. The van der Waals surface area contributed by atoms with Crippen LogP contribution in [0.2, 0.25) is 0 Å². The van der Waals surface area contributed by atoms with Crippen LogP contribution in [0, 0.1) is 5.82 Å². The van der Waals surface area contributed by atoms with Crippen molar-refractivity contribution >= 4 is 29.4 Å². The summed E-state index contributed by atoms with van der Waals surface area (Å²) >= 11 is 0. The maximum atomic E-state index is 15.3. The van der Waals surface area contributed by atoms with E-state index < -0.39 is 29.6 Å². The number of pyridine rings is 1. The van der Waals surface area contributed by atoms with Crippen LogP contribution in [0.3, 0.4) is 0 Å². The lowest BCUT2D eigenvalue weighted by Gasteiger charge is -2.37. The van der Waals surface area contributed by atoms with E-state index in [1.54, 1.807) is 12.1 Å². The highest BCUT2D eigenvalue weighted by molar-refractivity contribution is 6.05. The van der Waals surface area contributed by atoms with E-state index in [1.807, 2.05) is 67.7 Å². The lowest BCUT2D eigenvalue weighted by Crippen LogP contribution is -2.52. The fourth-order valence-corrected chi connectivity index (χ4v) is 7.04. The molecule has 0 saturated carbocycles. The van der Waals surface area contributed by atoms with Gasteiger partial charge in [0.1, 0.15) is 29.2 Å². The van der Waals surface area contributed by atoms with Crippen LogP contribution in [-0.4, -0.2) is 70.6 Å². The monoisotopic (exact) mass is 676 g/mol. The Bertz CT molecular complexity index is 1960. The fourth-order valence-electron chi connectivity index (χ4n) is 7.04. The number of benzene rings is 3. The van der Waals surface area contributed by atoms with Gasteiger partial charge in [0, 0.05) is 55.3 Å². The number of carbonyl (C=O) groups is 4. The van der Waals surface area contributed by atoms with E-state index in [0.29, 0.717) is 47.8 Å². The first-order valence-electron chi connectivity index (χ1n) is 16.7. The van der Waals surface area contributed by atoms with Crippen molar-refractivity contribution in [1.29, 1.82) is 0 Å². The number of nitrogens with zero attached hydrogens (tertiary/aromatic N) is 4. The van der Waals surface area contributed by atoms with Gasteiger partial charge in [-0.3, -0.25) is 29.4 Å². The summed E-state index contributed by atoms with van der Waals surface area (Å²) in [4.78, 5) is 60.0.